The minimum Gasteiger partial charge on any atom is -0.389 e. The molecule has 0 aliphatic carbocycles. The summed E-state index contributed by atoms with van der Waals surface area (Å²) in [5.41, 5.74) is -1.03. The number of nitrogens with zero attached hydrogens (tertiary/aromatic N) is 1. The van der Waals surface area contributed by atoms with Crippen LogP contribution in [0.15, 0.2) is 0 Å². The number of aliphatic hydroxyl groups is 1. The Morgan fingerprint density at radius 3 is 2.25 bits per heavy atom. The van der Waals surface area contributed by atoms with Crippen LogP contribution < -0.4 is 0 Å². The van der Waals surface area contributed by atoms with Gasteiger partial charge in [0.15, 0.2) is 0 Å². The van der Waals surface area contributed by atoms with Crippen molar-refractivity contribution in [1.82, 2.24) is 4.31 Å². The summed E-state index contributed by atoms with van der Waals surface area (Å²) in [7, 11) is -1.88. The minimum atomic E-state index is -3.34. The van der Waals surface area contributed by atoms with Crippen LogP contribution in [0.25, 0.3) is 0 Å². The van der Waals surface area contributed by atoms with Crippen molar-refractivity contribution in [3.63, 3.8) is 0 Å². The van der Waals surface area contributed by atoms with Crippen molar-refractivity contribution < 1.29 is 18.3 Å². The highest BCUT2D eigenvalue weighted by Crippen LogP contribution is 2.07. The van der Waals surface area contributed by atoms with Gasteiger partial charge in [0.25, 0.3) is 0 Å². The molecule has 0 aromatic rings. The van der Waals surface area contributed by atoms with E-state index in [-0.39, 0.29) is 25.0 Å². The molecular weight excluding hydrogens is 230 g/mol. The highest BCUT2D eigenvalue weighted by atomic mass is 32.2. The molecule has 5 nitrogen and oxygen atoms in total. The zero-order valence-corrected chi connectivity index (χ0v) is 11.5. The summed E-state index contributed by atoms with van der Waals surface area (Å²) in [4.78, 5) is 0. The van der Waals surface area contributed by atoms with Gasteiger partial charge >= 0.3 is 0 Å². The Morgan fingerprint density at radius 2 is 1.88 bits per heavy atom. The number of hydrogen-bond acceptors (Lipinski definition) is 4. The molecule has 0 heterocycles. The molecule has 0 saturated carbocycles. The molecule has 0 unspecified atom stereocenters. The number of rotatable bonds is 7. The van der Waals surface area contributed by atoms with E-state index in [1.54, 1.807) is 13.8 Å². The molecule has 0 bridgehead atoms. The average molecular weight is 253 g/mol. The molecule has 0 aliphatic heterocycles. The third-order valence-electron chi connectivity index (χ3n) is 1.88. The zero-order chi connectivity index (χ0) is 13.0. The predicted octanol–water partition coefficient (Wildman–Crippen LogP) is 0.444. The SMILES string of the molecule is CC(C)OCCS(=O)(=O)N(C)CC(C)(C)O. The Labute approximate surface area is 98.5 Å². The molecule has 0 radical (unpaired) electrons. The van der Waals surface area contributed by atoms with E-state index in [1.807, 2.05) is 13.8 Å². The van der Waals surface area contributed by atoms with E-state index in [2.05, 4.69) is 0 Å². The van der Waals surface area contributed by atoms with Crippen LogP contribution in [0.4, 0.5) is 0 Å². The molecule has 16 heavy (non-hydrogen) atoms. The van der Waals surface area contributed by atoms with E-state index in [1.165, 1.54) is 7.05 Å². The fourth-order valence-corrected chi connectivity index (χ4v) is 2.32. The molecule has 6 heteroatoms. The number of likely N-dealkylation sites (N-methyl/N-ethyl adjacent to an activating group) is 1. The van der Waals surface area contributed by atoms with Crippen LogP contribution in [0.3, 0.4) is 0 Å². The van der Waals surface area contributed by atoms with Crippen molar-refractivity contribution in [2.75, 3.05) is 26.0 Å². The standard InChI is InChI=1S/C10H23NO4S/c1-9(2)15-6-7-16(13,14)11(5)8-10(3,4)12/h9,12H,6-8H2,1-5H3. The quantitative estimate of drug-likeness (QED) is 0.715. The van der Waals surface area contributed by atoms with E-state index in [9.17, 15) is 13.5 Å². The van der Waals surface area contributed by atoms with Crippen LogP contribution in [0.2, 0.25) is 0 Å². The zero-order valence-electron chi connectivity index (χ0n) is 10.7. The van der Waals surface area contributed by atoms with Gasteiger partial charge in [-0.2, -0.15) is 0 Å². The molecular formula is C10H23NO4S. The first kappa shape index (κ1) is 15.8. The topological polar surface area (TPSA) is 66.8 Å². The highest BCUT2D eigenvalue weighted by molar-refractivity contribution is 7.89. The Morgan fingerprint density at radius 1 is 1.38 bits per heavy atom. The number of sulfonamides is 1. The van der Waals surface area contributed by atoms with Crippen LogP contribution in [0, 0.1) is 0 Å². The van der Waals surface area contributed by atoms with Gasteiger partial charge in [0.05, 0.1) is 24.1 Å². The lowest BCUT2D eigenvalue weighted by Crippen LogP contribution is -2.41. The Hall–Kier alpha value is -0.170. The molecule has 0 aromatic heterocycles. The summed E-state index contributed by atoms with van der Waals surface area (Å²) in [5, 5.41) is 9.53. The summed E-state index contributed by atoms with van der Waals surface area (Å²) >= 11 is 0. The highest BCUT2D eigenvalue weighted by Gasteiger charge is 2.24. The third kappa shape index (κ3) is 7.16. The van der Waals surface area contributed by atoms with E-state index >= 15 is 0 Å². The Kier molecular flexibility index (Phi) is 5.89. The van der Waals surface area contributed by atoms with Crippen molar-refractivity contribution in [1.29, 1.82) is 0 Å². The van der Waals surface area contributed by atoms with Gasteiger partial charge in [-0.05, 0) is 27.7 Å². The summed E-state index contributed by atoms with van der Waals surface area (Å²) in [6.45, 7) is 7.11. The van der Waals surface area contributed by atoms with E-state index in [0.717, 1.165) is 4.31 Å². The largest absolute Gasteiger partial charge is 0.389 e. The van der Waals surface area contributed by atoms with Crippen molar-refractivity contribution in [2.24, 2.45) is 0 Å². The van der Waals surface area contributed by atoms with Gasteiger partial charge < -0.3 is 9.84 Å². The third-order valence-corrected chi connectivity index (χ3v) is 3.64. The molecule has 0 aromatic carbocycles. The lowest BCUT2D eigenvalue weighted by Gasteiger charge is -2.25. The second-order valence-corrected chi connectivity index (χ2v) is 7.00. The molecule has 0 fully saturated rings. The monoisotopic (exact) mass is 253 g/mol. The van der Waals surface area contributed by atoms with Crippen molar-refractivity contribution >= 4 is 10.0 Å². The summed E-state index contributed by atoms with van der Waals surface area (Å²) in [6.07, 6.45) is 0.0230. The van der Waals surface area contributed by atoms with Crippen LogP contribution in [-0.4, -0.2) is 55.5 Å². The van der Waals surface area contributed by atoms with Gasteiger partial charge in [-0.25, -0.2) is 12.7 Å². The summed E-state index contributed by atoms with van der Waals surface area (Å²) in [6, 6.07) is 0. The first-order chi connectivity index (χ1) is 7.04. The van der Waals surface area contributed by atoms with E-state index in [0.29, 0.717) is 0 Å². The van der Waals surface area contributed by atoms with Crippen molar-refractivity contribution in [3.05, 3.63) is 0 Å². The van der Waals surface area contributed by atoms with Gasteiger partial charge in [-0.1, -0.05) is 0 Å². The molecule has 0 atom stereocenters. The fraction of sp³-hybridized carbons (Fsp3) is 1.00. The summed E-state index contributed by atoms with van der Waals surface area (Å²) in [5.74, 6) is -0.0578. The first-order valence-corrected chi connectivity index (χ1v) is 6.93. The van der Waals surface area contributed by atoms with Crippen LogP contribution >= 0.6 is 0 Å². The minimum absolute atomic E-state index is 0.0230. The number of hydrogen-bond donors (Lipinski definition) is 1. The average Bonchev–Trinajstić information content (AvgIpc) is 1.99. The van der Waals surface area contributed by atoms with Crippen LogP contribution in [0.5, 0.6) is 0 Å². The predicted molar refractivity (Wildman–Crippen MR) is 63.8 cm³/mol. The van der Waals surface area contributed by atoms with Crippen molar-refractivity contribution in [2.45, 2.75) is 39.4 Å². The molecule has 0 spiro atoms. The molecule has 0 saturated heterocycles. The van der Waals surface area contributed by atoms with Crippen molar-refractivity contribution in [3.8, 4) is 0 Å². The van der Waals surface area contributed by atoms with E-state index < -0.39 is 15.6 Å². The van der Waals surface area contributed by atoms with Gasteiger partial charge in [0.2, 0.25) is 10.0 Å². The van der Waals surface area contributed by atoms with Crippen LogP contribution in [-0.2, 0) is 14.8 Å². The molecule has 98 valence electrons. The fourth-order valence-electron chi connectivity index (χ4n) is 1.19. The first-order valence-electron chi connectivity index (χ1n) is 5.32. The second kappa shape index (κ2) is 5.95. The molecule has 0 amide bonds. The Balaban J connectivity index is 4.22. The van der Waals surface area contributed by atoms with Gasteiger partial charge in [0.1, 0.15) is 0 Å². The maximum Gasteiger partial charge on any atom is 0.216 e. The smallest absolute Gasteiger partial charge is 0.216 e. The van der Waals surface area contributed by atoms with E-state index in [4.69, 9.17) is 4.74 Å². The molecule has 0 rings (SSSR count). The van der Waals surface area contributed by atoms with Gasteiger partial charge in [-0.15, -0.1) is 0 Å². The summed E-state index contributed by atoms with van der Waals surface area (Å²) < 4.78 is 29.8. The maximum absolute atomic E-state index is 11.7. The lowest BCUT2D eigenvalue weighted by atomic mass is 10.1. The maximum atomic E-state index is 11.7. The van der Waals surface area contributed by atoms with Crippen LogP contribution in [0.1, 0.15) is 27.7 Å². The normalized spacial score (nSPS) is 13.8. The van der Waals surface area contributed by atoms with Gasteiger partial charge in [0, 0.05) is 13.6 Å². The molecule has 1 N–H and O–H groups in total. The molecule has 0 aliphatic rings. The number of ether oxygens (including phenoxy) is 1. The van der Waals surface area contributed by atoms with Gasteiger partial charge in [-0.3, -0.25) is 0 Å². The second-order valence-electron chi connectivity index (χ2n) is 4.80. The Bertz CT molecular complexity index is 292. The lowest BCUT2D eigenvalue weighted by molar-refractivity contribution is 0.0629.